The third-order valence-electron chi connectivity index (χ3n) is 4.55. The van der Waals surface area contributed by atoms with E-state index in [9.17, 15) is 24.8 Å². The van der Waals surface area contributed by atoms with Gasteiger partial charge < -0.3 is 19.3 Å². The van der Waals surface area contributed by atoms with Gasteiger partial charge in [0.05, 0.1) is 29.5 Å². The van der Waals surface area contributed by atoms with Crippen LogP contribution in [0.5, 0.6) is 23.0 Å². The summed E-state index contributed by atoms with van der Waals surface area (Å²) in [6.07, 6.45) is 1.21. The summed E-state index contributed by atoms with van der Waals surface area (Å²) in [5, 5.41) is 21.2. The first-order chi connectivity index (χ1) is 14.8. The summed E-state index contributed by atoms with van der Waals surface area (Å²) < 4.78 is 15.5. The van der Waals surface area contributed by atoms with Gasteiger partial charge in [0.15, 0.2) is 23.0 Å². The Morgan fingerprint density at radius 3 is 2.68 bits per heavy atom. The number of ether oxygens (including phenoxy) is 3. The van der Waals surface area contributed by atoms with E-state index >= 15 is 0 Å². The lowest BCUT2D eigenvalue weighted by Crippen LogP contribution is -2.27. The summed E-state index contributed by atoms with van der Waals surface area (Å²) >= 11 is 6.87. The van der Waals surface area contributed by atoms with Gasteiger partial charge in [0, 0.05) is 22.7 Å². The molecule has 31 heavy (non-hydrogen) atoms. The Kier molecular flexibility index (Phi) is 5.38. The molecule has 2 amide bonds. The monoisotopic (exact) mass is 464 g/mol. The van der Waals surface area contributed by atoms with Gasteiger partial charge in [0.2, 0.25) is 6.79 Å². The summed E-state index contributed by atoms with van der Waals surface area (Å²) in [4.78, 5) is 36.7. The molecule has 0 saturated carbocycles. The Labute approximate surface area is 184 Å². The van der Waals surface area contributed by atoms with Gasteiger partial charge in [-0.1, -0.05) is 11.6 Å². The van der Waals surface area contributed by atoms with E-state index in [-0.39, 0.29) is 35.2 Å². The van der Waals surface area contributed by atoms with Crippen molar-refractivity contribution in [3.63, 3.8) is 0 Å². The number of hydrogen-bond donors (Lipinski definition) is 1. The maximum atomic E-state index is 12.8. The van der Waals surface area contributed by atoms with E-state index in [2.05, 4.69) is 0 Å². The third-order valence-corrected chi connectivity index (χ3v) is 5.81. The molecule has 0 aliphatic carbocycles. The van der Waals surface area contributed by atoms with Gasteiger partial charge in [0.1, 0.15) is 0 Å². The first kappa shape index (κ1) is 20.8. The highest BCUT2D eigenvalue weighted by Crippen LogP contribution is 2.41. The number of halogens is 1. The van der Waals surface area contributed by atoms with E-state index in [4.69, 9.17) is 25.8 Å². The van der Waals surface area contributed by atoms with Crippen LogP contribution in [0.2, 0.25) is 5.02 Å². The molecule has 2 aromatic rings. The molecule has 2 aliphatic rings. The zero-order valence-corrected chi connectivity index (χ0v) is 17.4. The lowest BCUT2D eigenvalue weighted by molar-refractivity contribution is -0.385. The number of nitro benzene ring substituents is 1. The van der Waals surface area contributed by atoms with Crippen LogP contribution in [0.4, 0.5) is 10.5 Å². The number of phenols is 1. The standard InChI is InChI=1S/C19H13ClN2O8S/c1-28-15-5-11(22(26)27)2-9(17(15)23)4-16-18(24)21(19(25)31-16)7-10-3-13-14(6-12(10)20)30-8-29-13/h2-6,23H,7-8H2,1H3/b16-4-. The minimum absolute atomic E-state index is 0.0142. The lowest BCUT2D eigenvalue weighted by Gasteiger charge is -2.14. The van der Waals surface area contributed by atoms with E-state index < -0.39 is 21.8 Å². The minimum atomic E-state index is -0.660. The molecule has 0 radical (unpaired) electrons. The van der Waals surface area contributed by atoms with Gasteiger partial charge in [0.25, 0.3) is 16.8 Å². The number of benzene rings is 2. The fraction of sp³-hybridized carbons (Fsp3) is 0.158. The van der Waals surface area contributed by atoms with E-state index in [0.717, 1.165) is 17.0 Å². The summed E-state index contributed by atoms with van der Waals surface area (Å²) in [7, 11) is 1.24. The number of nitrogens with zero attached hydrogens (tertiary/aromatic N) is 2. The van der Waals surface area contributed by atoms with Crippen molar-refractivity contribution in [1.29, 1.82) is 0 Å². The molecule has 0 spiro atoms. The highest BCUT2D eigenvalue weighted by atomic mass is 35.5. The fourth-order valence-corrected chi connectivity index (χ4v) is 4.06. The first-order valence-electron chi connectivity index (χ1n) is 8.67. The fourth-order valence-electron chi connectivity index (χ4n) is 3.01. The van der Waals surface area contributed by atoms with Crippen LogP contribution >= 0.6 is 23.4 Å². The Hall–Kier alpha value is -3.44. The second kappa shape index (κ2) is 8.00. The molecular weight excluding hydrogens is 452 g/mol. The van der Waals surface area contributed by atoms with Crippen molar-refractivity contribution in [2.45, 2.75) is 6.54 Å². The molecule has 0 aromatic heterocycles. The van der Waals surface area contributed by atoms with Crippen molar-refractivity contribution in [2.75, 3.05) is 13.9 Å². The van der Waals surface area contributed by atoms with Gasteiger partial charge in [-0.15, -0.1) is 0 Å². The van der Waals surface area contributed by atoms with Crippen LogP contribution in [-0.2, 0) is 11.3 Å². The number of carbonyl (C=O) groups excluding carboxylic acids is 2. The maximum absolute atomic E-state index is 12.8. The molecule has 1 fully saturated rings. The van der Waals surface area contributed by atoms with E-state index in [1.165, 1.54) is 13.2 Å². The van der Waals surface area contributed by atoms with Crippen LogP contribution in [-0.4, -0.2) is 40.0 Å². The number of imide groups is 1. The smallest absolute Gasteiger partial charge is 0.293 e. The molecular formula is C19H13ClN2O8S. The van der Waals surface area contributed by atoms with Crippen LogP contribution in [0.15, 0.2) is 29.2 Å². The largest absolute Gasteiger partial charge is 0.504 e. The van der Waals surface area contributed by atoms with Crippen LogP contribution in [0.3, 0.4) is 0 Å². The number of carbonyl (C=O) groups is 2. The van der Waals surface area contributed by atoms with E-state index in [1.807, 2.05) is 0 Å². The molecule has 2 heterocycles. The zero-order chi connectivity index (χ0) is 22.3. The number of thioether (sulfide) groups is 1. The van der Waals surface area contributed by atoms with Crippen molar-refractivity contribution < 1.29 is 33.8 Å². The Morgan fingerprint density at radius 1 is 1.29 bits per heavy atom. The molecule has 10 nitrogen and oxygen atoms in total. The topological polar surface area (TPSA) is 128 Å². The minimum Gasteiger partial charge on any atom is -0.504 e. The molecule has 0 unspecified atom stereocenters. The van der Waals surface area contributed by atoms with Crippen LogP contribution in [0.25, 0.3) is 6.08 Å². The van der Waals surface area contributed by atoms with Gasteiger partial charge >= 0.3 is 0 Å². The quantitative estimate of drug-likeness (QED) is 0.397. The van der Waals surface area contributed by atoms with Gasteiger partial charge in [-0.2, -0.15) is 0 Å². The number of aromatic hydroxyl groups is 1. The molecule has 0 bridgehead atoms. The number of non-ortho nitro benzene ring substituents is 1. The van der Waals surface area contributed by atoms with Gasteiger partial charge in [-0.05, 0) is 29.5 Å². The van der Waals surface area contributed by atoms with Crippen molar-refractivity contribution in [3.05, 3.63) is 55.4 Å². The predicted octanol–water partition coefficient (Wildman–Crippen LogP) is 3.93. The SMILES string of the molecule is COc1cc([N+](=O)[O-])cc(/C=C2\SC(=O)N(Cc3cc4c(cc3Cl)OCO4)C2=O)c1O. The maximum Gasteiger partial charge on any atom is 0.293 e. The highest BCUT2D eigenvalue weighted by molar-refractivity contribution is 8.18. The van der Waals surface area contributed by atoms with Crippen molar-refractivity contribution in [1.82, 2.24) is 4.90 Å². The first-order valence-corrected chi connectivity index (χ1v) is 9.86. The molecule has 2 aliphatic heterocycles. The summed E-state index contributed by atoms with van der Waals surface area (Å²) in [5.41, 5.74) is 0.110. The molecule has 12 heteroatoms. The molecule has 1 N–H and O–H groups in total. The number of rotatable bonds is 5. The number of nitro groups is 1. The Morgan fingerprint density at radius 2 is 2.00 bits per heavy atom. The van der Waals surface area contributed by atoms with Gasteiger partial charge in [-0.25, -0.2) is 0 Å². The highest BCUT2D eigenvalue weighted by Gasteiger charge is 2.36. The molecule has 2 aromatic carbocycles. The summed E-state index contributed by atoms with van der Waals surface area (Å²) in [6.45, 7) is -0.0582. The van der Waals surface area contributed by atoms with Crippen LogP contribution in [0.1, 0.15) is 11.1 Å². The van der Waals surface area contributed by atoms with E-state index in [1.54, 1.807) is 12.1 Å². The number of phenolic OH excluding ortho intramolecular Hbond substituents is 1. The second-order valence-corrected chi connectivity index (χ2v) is 7.81. The molecule has 160 valence electrons. The zero-order valence-electron chi connectivity index (χ0n) is 15.8. The Bertz CT molecular complexity index is 1170. The third kappa shape index (κ3) is 3.84. The molecule has 1 saturated heterocycles. The average Bonchev–Trinajstić information content (AvgIpc) is 3.28. The number of fused-ring (bicyclic) bond motifs is 1. The van der Waals surface area contributed by atoms with Crippen molar-refractivity contribution in [2.24, 2.45) is 0 Å². The van der Waals surface area contributed by atoms with Crippen LogP contribution < -0.4 is 14.2 Å². The summed E-state index contributed by atoms with van der Waals surface area (Å²) in [6, 6.07) is 5.27. The second-order valence-electron chi connectivity index (χ2n) is 6.41. The molecule has 0 atom stereocenters. The lowest BCUT2D eigenvalue weighted by atomic mass is 10.1. The normalized spacial score (nSPS) is 16.3. The van der Waals surface area contributed by atoms with Crippen molar-refractivity contribution >= 4 is 46.3 Å². The Balaban J connectivity index is 1.64. The van der Waals surface area contributed by atoms with Crippen LogP contribution in [0, 0.1) is 10.1 Å². The van der Waals surface area contributed by atoms with E-state index in [0.29, 0.717) is 33.8 Å². The molecule has 4 rings (SSSR count). The summed E-state index contributed by atoms with van der Waals surface area (Å²) in [5.74, 6) is -0.229. The average molecular weight is 465 g/mol. The van der Waals surface area contributed by atoms with Gasteiger partial charge in [-0.3, -0.25) is 24.6 Å². The number of hydrogen-bond acceptors (Lipinski definition) is 9. The number of amides is 2. The van der Waals surface area contributed by atoms with Crippen molar-refractivity contribution in [3.8, 4) is 23.0 Å². The number of methoxy groups -OCH3 is 1. The predicted molar refractivity (Wildman–Crippen MR) is 110 cm³/mol.